The Kier molecular flexibility index (Phi) is 5.03. The quantitative estimate of drug-likeness (QED) is 0.554. The average molecular weight is 400 g/mol. The first kappa shape index (κ1) is 18.6. The number of benzene rings is 1. The van der Waals surface area contributed by atoms with E-state index >= 15 is 0 Å². The number of nitrogens with zero attached hydrogens (tertiary/aromatic N) is 5. The summed E-state index contributed by atoms with van der Waals surface area (Å²) in [5.41, 5.74) is 2.19. The molecular formula is C23H24N6O. The Labute approximate surface area is 175 Å². The van der Waals surface area contributed by atoms with Gasteiger partial charge in [-0.3, -0.25) is 0 Å². The van der Waals surface area contributed by atoms with E-state index in [9.17, 15) is 0 Å². The van der Waals surface area contributed by atoms with E-state index in [4.69, 9.17) is 9.52 Å². The fraction of sp³-hybridized carbons (Fsp3) is 0.261. The molecule has 7 heteroatoms. The lowest BCUT2D eigenvalue weighted by atomic mass is 10.2. The number of aryl methyl sites for hydroxylation is 1. The fourth-order valence-corrected chi connectivity index (χ4v) is 3.69. The minimum Gasteiger partial charge on any atom is -0.453 e. The van der Waals surface area contributed by atoms with Crippen LogP contribution >= 0.6 is 0 Å². The highest BCUT2D eigenvalue weighted by Crippen LogP contribution is 2.27. The topological polar surface area (TPSA) is 72.0 Å². The van der Waals surface area contributed by atoms with Crippen molar-refractivity contribution in [2.75, 3.05) is 31.1 Å². The lowest BCUT2D eigenvalue weighted by Crippen LogP contribution is -2.43. The van der Waals surface area contributed by atoms with Gasteiger partial charge in [-0.25, -0.2) is 14.6 Å². The summed E-state index contributed by atoms with van der Waals surface area (Å²) in [5, 5.41) is 8.07. The van der Waals surface area contributed by atoms with E-state index in [1.165, 1.54) is 0 Å². The molecule has 30 heavy (non-hydrogen) atoms. The van der Waals surface area contributed by atoms with Crippen LogP contribution in [0.25, 0.3) is 22.9 Å². The van der Waals surface area contributed by atoms with Crippen LogP contribution in [0.15, 0.2) is 65.2 Å². The Hall–Kier alpha value is -3.45. The van der Waals surface area contributed by atoms with Crippen LogP contribution in [-0.2, 0) is 6.54 Å². The highest BCUT2D eigenvalue weighted by Gasteiger charge is 2.15. The monoisotopic (exact) mass is 400 g/mol. The third-order valence-corrected chi connectivity index (χ3v) is 5.32. The summed E-state index contributed by atoms with van der Waals surface area (Å²) in [4.78, 5) is 11.5. The van der Waals surface area contributed by atoms with Gasteiger partial charge in [0.15, 0.2) is 5.76 Å². The zero-order chi connectivity index (χ0) is 20.3. The molecule has 1 saturated heterocycles. The lowest BCUT2D eigenvalue weighted by Gasteiger charge is -2.28. The summed E-state index contributed by atoms with van der Waals surface area (Å²) in [6.07, 6.45) is 1.87. The molecule has 0 aliphatic carbocycles. The second-order valence-electron chi connectivity index (χ2n) is 7.43. The smallest absolute Gasteiger partial charge is 0.217 e. The van der Waals surface area contributed by atoms with E-state index in [0.717, 1.165) is 54.7 Å². The number of hydrogen-bond donors (Lipinski definition) is 1. The summed E-state index contributed by atoms with van der Waals surface area (Å²) >= 11 is 0. The van der Waals surface area contributed by atoms with Gasteiger partial charge in [-0.1, -0.05) is 30.3 Å². The number of hydrogen-bond acceptors (Lipinski definition) is 6. The Morgan fingerprint density at radius 2 is 1.80 bits per heavy atom. The summed E-state index contributed by atoms with van der Waals surface area (Å²) in [6.45, 7) is 6.55. The van der Waals surface area contributed by atoms with E-state index in [-0.39, 0.29) is 0 Å². The van der Waals surface area contributed by atoms with Crippen molar-refractivity contribution in [1.29, 1.82) is 0 Å². The number of anilines is 1. The van der Waals surface area contributed by atoms with Crippen molar-refractivity contribution in [3.05, 3.63) is 72.2 Å². The van der Waals surface area contributed by atoms with Crippen LogP contribution < -0.4 is 10.2 Å². The molecule has 1 N–H and O–H groups in total. The summed E-state index contributed by atoms with van der Waals surface area (Å²) in [5.74, 6) is 3.96. The molecule has 152 valence electrons. The van der Waals surface area contributed by atoms with Gasteiger partial charge in [-0.05, 0) is 36.8 Å². The zero-order valence-corrected chi connectivity index (χ0v) is 17.0. The van der Waals surface area contributed by atoms with Crippen LogP contribution in [0.3, 0.4) is 0 Å². The molecule has 4 heterocycles. The molecule has 3 aromatic heterocycles. The van der Waals surface area contributed by atoms with Gasteiger partial charge in [-0.15, -0.1) is 5.10 Å². The Bertz CT molecular complexity index is 1130. The van der Waals surface area contributed by atoms with Crippen LogP contribution in [-0.4, -0.2) is 45.9 Å². The van der Waals surface area contributed by atoms with Crippen molar-refractivity contribution in [3.8, 4) is 22.9 Å². The Morgan fingerprint density at radius 3 is 2.63 bits per heavy atom. The van der Waals surface area contributed by atoms with Crippen molar-refractivity contribution in [3.63, 3.8) is 0 Å². The maximum absolute atomic E-state index is 6.01. The van der Waals surface area contributed by atoms with E-state index in [1.807, 2.05) is 66.3 Å². The molecule has 5 rings (SSSR count). The second kappa shape index (κ2) is 8.12. The standard InChI is InChI=1S/C23H24N6O/c1-17-26-23(21-8-7-20(30-21)19-5-3-2-4-6-19)27-29(17)16-18-9-10-25-22(15-18)28-13-11-24-12-14-28/h2-10,15,24H,11-14,16H2,1H3. The molecule has 0 atom stereocenters. The molecule has 0 saturated carbocycles. The van der Waals surface area contributed by atoms with Gasteiger partial charge >= 0.3 is 0 Å². The molecule has 4 aromatic rings. The largest absolute Gasteiger partial charge is 0.453 e. The molecule has 0 unspecified atom stereocenters. The van der Waals surface area contributed by atoms with Gasteiger partial charge in [0.05, 0.1) is 6.54 Å². The molecule has 1 aliphatic heterocycles. The number of aromatic nitrogens is 4. The van der Waals surface area contributed by atoms with Gasteiger partial charge in [0.1, 0.15) is 17.4 Å². The first-order valence-electron chi connectivity index (χ1n) is 10.2. The predicted octanol–water partition coefficient (Wildman–Crippen LogP) is 3.37. The highest BCUT2D eigenvalue weighted by atomic mass is 16.3. The summed E-state index contributed by atoms with van der Waals surface area (Å²) in [6, 6.07) is 18.1. The van der Waals surface area contributed by atoms with Crippen molar-refractivity contribution >= 4 is 5.82 Å². The number of furan rings is 1. The number of pyridine rings is 1. The molecule has 0 spiro atoms. The molecule has 0 radical (unpaired) electrons. The molecule has 7 nitrogen and oxygen atoms in total. The first-order chi connectivity index (χ1) is 14.8. The third kappa shape index (κ3) is 3.84. The summed E-state index contributed by atoms with van der Waals surface area (Å²) < 4.78 is 7.93. The predicted molar refractivity (Wildman–Crippen MR) is 116 cm³/mol. The van der Waals surface area contributed by atoms with Crippen LogP contribution in [0.2, 0.25) is 0 Å². The SMILES string of the molecule is Cc1nc(-c2ccc(-c3ccccc3)o2)nn1Cc1ccnc(N2CCNCC2)c1. The van der Waals surface area contributed by atoms with Crippen molar-refractivity contribution < 1.29 is 4.42 Å². The van der Waals surface area contributed by atoms with E-state index in [2.05, 4.69) is 26.3 Å². The van der Waals surface area contributed by atoms with Gasteiger partial charge in [0.2, 0.25) is 5.82 Å². The average Bonchev–Trinajstić information content (AvgIpc) is 3.43. The molecule has 1 fully saturated rings. The maximum Gasteiger partial charge on any atom is 0.217 e. The number of piperazine rings is 1. The van der Waals surface area contributed by atoms with Crippen LogP contribution in [0.1, 0.15) is 11.4 Å². The zero-order valence-electron chi connectivity index (χ0n) is 17.0. The molecule has 1 aliphatic rings. The van der Waals surface area contributed by atoms with Crippen LogP contribution in [0.5, 0.6) is 0 Å². The Morgan fingerprint density at radius 1 is 1.00 bits per heavy atom. The fourth-order valence-electron chi connectivity index (χ4n) is 3.69. The maximum atomic E-state index is 6.01. The van der Waals surface area contributed by atoms with Crippen molar-refractivity contribution in [1.82, 2.24) is 25.1 Å². The normalized spacial score (nSPS) is 14.2. The van der Waals surface area contributed by atoms with Gasteiger partial charge < -0.3 is 14.6 Å². The van der Waals surface area contributed by atoms with Crippen LogP contribution in [0.4, 0.5) is 5.82 Å². The molecule has 0 amide bonds. The third-order valence-electron chi connectivity index (χ3n) is 5.32. The molecule has 1 aromatic carbocycles. The van der Waals surface area contributed by atoms with Gasteiger partial charge in [0.25, 0.3) is 0 Å². The van der Waals surface area contributed by atoms with E-state index < -0.39 is 0 Å². The number of nitrogens with one attached hydrogen (secondary N) is 1. The minimum atomic E-state index is 0.603. The highest BCUT2D eigenvalue weighted by molar-refractivity contribution is 5.61. The molecular weight excluding hydrogens is 376 g/mol. The number of rotatable bonds is 5. The van der Waals surface area contributed by atoms with Crippen molar-refractivity contribution in [2.24, 2.45) is 0 Å². The lowest BCUT2D eigenvalue weighted by molar-refractivity contribution is 0.583. The molecule has 0 bridgehead atoms. The second-order valence-corrected chi connectivity index (χ2v) is 7.43. The summed E-state index contributed by atoms with van der Waals surface area (Å²) in [7, 11) is 0. The van der Waals surface area contributed by atoms with E-state index in [1.54, 1.807) is 0 Å². The Balaban J connectivity index is 1.36. The van der Waals surface area contributed by atoms with Gasteiger partial charge in [-0.2, -0.15) is 0 Å². The van der Waals surface area contributed by atoms with Crippen molar-refractivity contribution in [2.45, 2.75) is 13.5 Å². The first-order valence-corrected chi connectivity index (χ1v) is 10.2. The van der Waals surface area contributed by atoms with Gasteiger partial charge in [0, 0.05) is 37.9 Å². The van der Waals surface area contributed by atoms with E-state index in [0.29, 0.717) is 18.1 Å². The van der Waals surface area contributed by atoms with Crippen LogP contribution in [0, 0.1) is 6.92 Å². The minimum absolute atomic E-state index is 0.603.